The Labute approximate surface area is 169 Å². The molecule has 0 unspecified atom stereocenters. The summed E-state index contributed by atoms with van der Waals surface area (Å²) < 4.78 is 11.2. The molecular weight excluding hydrogens is 364 g/mol. The molecule has 0 radical (unpaired) electrons. The van der Waals surface area contributed by atoms with Gasteiger partial charge >= 0.3 is 0 Å². The van der Waals surface area contributed by atoms with Crippen LogP contribution in [0.5, 0.6) is 11.5 Å². The van der Waals surface area contributed by atoms with Crippen LogP contribution in [0.3, 0.4) is 0 Å². The largest absolute Gasteiger partial charge is 0.486 e. The predicted octanol–water partition coefficient (Wildman–Crippen LogP) is 4.55. The molecule has 0 saturated heterocycles. The van der Waals surface area contributed by atoms with Crippen LogP contribution in [0.25, 0.3) is 0 Å². The summed E-state index contributed by atoms with van der Waals surface area (Å²) in [5.74, 6) is 1.24. The van der Waals surface area contributed by atoms with Crippen LogP contribution < -0.4 is 9.47 Å². The van der Waals surface area contributed by atoms with Crippen molar-refractivity contribution < 1.29 is 14.3 Å². The highest BCUT2D eigenvalue weighted by Gasteiger charge is 2.17. The third kappa shape index (κ3) is 4.24. The fourth-order valence-corrected chi connectivity index (χ4v) is 3.01. The number of rotatable bonds is 5. The van der Waals surface area contributed by atoms with Crippen LogP contribution in [0.1, 0.15) is 28.4 Å². The number of ketones is 1. The second-order valence-electron chi connectivity index (χ2n) is 6.55. The summed E-state index contributed by atoms with van der Waals surface area (Å²) in [6.07, 6.45) is 0. The van der Waals surface area contributed by atoms with E-state index in [0.717, 1.165) is 16.9 Å². The van der Waals surface area contributed by atoms with Gasteiger partial charge in [-0.2, -0.15) is 5.10 Å². The average Bonchev–Trinajstić information content (AvgIpc) is 2.80. The predicted molar refractivity (Wildman–Crippen MR) is 113 cm³/mol. The van der Waals surface area contributed by atoms with Crippen molar-refractivity contribution in [3.63, 3.8) is 0 Å². The van der Waals surface area contributed by atoms with Crippen molar-refractivity contribution in [2.24, 2.45) is 10.2 Å². The van der Waals surface area contributed by atoms with Crippen molar-refractivity contribution in [2.45, 2.75) is 6.92 Å². The number of benzene rings is 3. The molecule has 0 amide bonds. The summed E-state index contributed by atoms with van der Waals surface area (Å²) in [4.78, 5) is 13.0. The van der Waals surface area contributed by atoms with Crippen molar-refractivity contribution in [1.82, 2.24) is 0 Å². The molecule has 0 fully saturated rings. The van der Waals surface area contributed by atoms with E-state index in [1.54, 1.807) is 12.1 Å². The van der Waals surface area contributed by atoms with Gasteiger partial charge in [-0.25, -0.2) is 0 Å². The van der Waals surface area contributed by atoms with Gasteiger partial charge in [-0.1, -0.05) is 60.7 Å². The standard InChI is InChI=1S/C24H20N2O3/c1-17(20-12-13-21-22(16-20)29-15-14-28-21)25-26-23(18-8-4-2-5-9-18)24(27)19-10-6-3-7-11-19/h2-13,16H,14-15H2,1H3. The summed E-state index contributed by atoms with van der Waals surface area (Å²) in [7, 11) is 0. The van der Waals surface area contributed by atoms with Crippen molar-refractivity contribution in [3.05, 3.63) is 95.6 Å². The number of Topliss-reactive ketones (excluding diaryl/α,β-unsaturated/α-hetero) is 1. The number of fused-ring (bicyclic) bond motifs is 1. The minimum atomic E-state index is -0.171. The molecule has 0 N–H and O–H groups in total. The Morgan fingerprint density at radius 1 is 0.724 bits per heavy atom. The molecule has 1 heterocycles. The minimum Gasteiger partial charge on any atom is -0.486 e. The van der Waals surface area contributed by atoms with Gasteiger partial charge in [0.2, 0.25) is 5.78 Å². The fourth-order valence-electron chi connectivity index (χ4n) is 3.01. The second kappa shape index (κ2) is 8.52. The van der Waals surface area contributed by atoms with Gasteiger partial charge in [-0.3, -0.25) is 4.79 Å². The normalized spacial score (nSPS) is 13.8. The lowest BCUT2D eigenvalue weighted by atomic mass is 10.0. The quantitative estimate of drug-likeness (QED) is 0.368. The number of hydrogen-bond donors (Lipinski definition) is 0. The molecule has 3 aromatic carbocycles. The van der Waals surface area contributed by atoms with E-state index in [9.17, 15) is 4.79 Å². The highest BCUT2D eigenvalue weighted by Crippen LogP contribution is 2.30. The van der Waals surface area contributed by atoms with E-state index in [-0.39, 0.29) is 5.78 Å². The van der Waals surface area contributed by atoms with Gasteiger partial charge in [0.15, 0.2) is 11.5 Å². The molecule has 5 nitrogen and oxygen atoms in total. The zero-order chi connectivity index (χ0) is 20.1. The molecule has 144 valence electrons. The maximum Gasteiger partial charge on any atom is 0.213 e. The lowest BCUT2D eigenvalue weighted by Crippen LogP contribution is -2.16. The summed E-state index contributed by atoms with van der Waals surface area (Å²) in [5.41, 5.74) is 3.13. The van der Waals surface area contributed by atoms with E-state index < -0.39 is 0 Å². The molecule has 0 saturated carbocycles. The van der Waals surface area contributed by atoms with Crippen molar-refractivity contribution >= 4 is 17.2 Å². The van der Waals surface area contributed by atoms with Crippen molar-refractivity contribution in [2.75, 3.05) is 13.2 Å². The zero-order valence-electron chi connectivity index (χ0n) is 16.0. The third-order valence-corrected chi connectivity index (χ3v) is 4.56. The SMILES string of the molecule is CC(=NN=C(C(=O)c1ccccc1)c1ccccc1)c1ccc2c(c1)OCCO2. The summed E-state index contributed by atoms with van der Waals surface area (Å²) in [5, 5.41) is 8.70. The Morgan fingerprint density at radius 2 is 1.34 bits per heavy atom. The van der Waals surface area contributed by atoms with Crippen LogP contribution >= 0.6 is 0 Å². The zero-order valence-corrected chi connectivity index (χ0v) is 16.0. The first-order valence-electron chi connectivity index (χ1n) is 9.40. The van der Waals surface area contributed by atoms with Gasteiger partial charge in [-0.05, 0) is 25.1 Å². The molecular formula is C24H20N2O3. The third-order valence-electron chi connectivity index (χ3n) is 4.56. The molecule has 0 aromatic heterocycles. The highest BCUT2D eigenvalue weighted by atomic mass is 16.6. The van der Waals surface area contributed by atoms with Gasteiger partial charge in [0.25, 0.3) is 0 Å². The van der Waals surface area contributed by atoms with E-state index in [4.69, 9.17) is 9.47 Å². The monoisotopic (exact) mass is 384 g/mol. The first kappa shape index (κ1) is 18.6. The van der Waals surface area contributed by atoms with Gasteiger partial charge < -0.3 is 9.47 Å². The van der Waals surface area contributed by atoms with Crippen molar-refractivity contribution in [3.8, 4) is 11.5 Å². The maximum absolute atomic E-state index is 13.0. The maximum atomic E-state index is 13.0. The van der Waals surface area contributed by atoms with Gasteiger partial charge in [-0.15, -0.1) is 5.10 Å². The fraction of sp³-hybridized carbons (Fsp3) is 0.125. The lowest BCUT2D eigenvalue weighted by Gasteiger charge is -2.18. The smallest absolute Gasteiger partial charge is 0.213 e. The topological polar surface area (TPSA) is 60.2 Å². The van der Waals surface area contributed by atoms with Crippen LogP contribution in [0.15, 0.2) is 89.1 Å². The number of nitrogens with zero attached hydrogens (tertiary/aromatic N) is 2. The van der Waals surface area contributed by atoms with Crippen LogP contribution in [0.4, 0.5) is 0 Å². The Bertz CT molecular complexity index is 1070. The first-order valence-corrected chi connectivity index (χ1v) is 9.40. The van der Waals surface area contributed by atoms with Crippen LogP contribution in [-0.2, 0) is 0 Å². The number of carbonyl (C=O) groups excluding carboxylic acids is 1. The molecule has 0 atom stereocenters. The Hall–Kier alpha value is -3.73. The Morgan fingerprint density at radius 3 is 2.03 bits per heavy atom. The molecule has 5 heteroatoms. The van der Waals surface area contributed by atoms with Gasteiger partial charge in [0, 0.05) is 16.7 Å². The molecule has 1 aliphatic heterocycles. The lowest BCUT2D eigenvalue weighted by molar-refractivity contribution is 0.106. The van der Waals surface area contributed by atoms with Gasteiger partial charge in [0.05, 0.1) is 5.71 Å². The Kier molecular flexibility index (Phi) is 5.47. The average molecular weight is 384 g/mol. The highest BCUT2D eigenvalue weighted by molar-refractivity contribution is 6.51. The van der Waals surface area contributed by atoms with Crippen LogP contribution in [0, 0.1) is 0 Å². The number of hydrogen-bond acceptors (Lipinski definition) is 5. The molecule has 1 aliphatic rings. The van der Waals surface area contributed by atoms with E-state index in [1.165, 1.54) is 0 Å². The molecule has 0 aliphatic carbocycles. The van der Waals surface area contributed by atoms with Crippen LogP contribution in [-0.4, -0.2) is 30.4 Å². The first-order chi connectivity index (χ1) is 14.2. The van der Waals surface area contributed by atoms with Gasteiger partial charge in [0.1, 0.15) is 18.9 Å². The van der Waals surface area contributed by atoms with E-state index in [0.29, 0.717) is 36.0 Å². The molecule has 0 bridgehead atoms. The number of ether oxygens (including phenoxy) is 2. The van der Waals surface area contributed by atoms with E-state index in [1.807, 2.05) is 73.7 Å². The molecule has 4 rings (SSSR count). The molecule has 29 heavy (non-hydrogen) atoms. The summed E-state index contributed by atoms with van der Waals surface area (Å²) in [6.45, 7) is 2.92. The Balaban J connectivity index is 1.70. The summed E-state index contributed by atoms with van der Waals surface area (Å²) >= 11 is 0. The van der Waals surface area contributed by atoms with Crippen LogP contribution in [0.2, 0.25) is 0 Å². The second-order valence-corrected chi connectivity index (χ2v) is 6.55. The van der Waals surface area contributed by atoms with Crippen molar-refractivity contribution in [1.29, 1.82) is 0 Å². The molecule has 3 aromatic rings. The molecule has 0 spiro atoms. The summed E-state index contributed by atoms with van der Waals surface area (Å²) in [6, 6.07) is 24.1. The minimum absolute atomic E-state index is 0.171. The van der Waals surface area contributed by atoms with E-state index >= 15 is 0 Å². The number of carbonyl (C=O) groups is 1. The van der Waals surface area contributed by atoms with E-state index in [2.05, 4.69) is 10.2 Å².